The molecule has 2 fully saturated rings. The summed E-state index contributed by atoms with van der Waals surface area (Å²) < 4.78 is 9.51. The summed E-state index contributed by atoms with van der Waals surface area (Å²) in [6.45, 7) is 0.870. The number of amides is 2. The molecule has 2 amide bonds. The van der Waals surface area contributed by atoms with Gasteiger partial charge in [-0.3, -0.25) is 0 Å². The second-order valence-electron chi connectivity index (χ2n) is 3.76. The van der Waals surface area contributed by atoms with Crippen LogP contribution in [0.3, 0.4) is 0 Å². The van der Waals surface area contributed by atoms with Crippen molar-refractivity contribution in [2.24, 2.45) is 0 Å². The van der Waals surface area contributed by atoms with Crippen LogP contribution >= 0.6 is 0 Å². The topological polar surface area (TPSA) is 67.9 Å². The summed E-state index contributed by atoms with van der Waals surface area (Å²) in [5, 5.41) is 2.51. The molecular formula is C9H14N2O4. The van der Waals surface area contributed by atoms with E-state index in [4.69, 9.17) is 4.74 Å². The van der Waals surface area contributed by atoms with Gasteiger partial charge < -0.3 is 19.7 Å². The monoisotopic (exact) mass is 214 g/mol. The molecule has 0 aromatic rings. The highest BCUT2D eigenvalue weighted by atomic mass is 16.6. The molecule has 0 radical (unpaired) electrons. The molecule has 1 atom stereocenters. The second-order valence-corrected chi connectivity index (χ2v) is 3.76. The highest BCUT2D eigenvalue weighted by Gasteiger charge is 2.40. The van der Waals surface area contributed by atoms with Gasteiger partial charge in [0.05, 0.1) is 20.2 Å². The maximum absolute atomic E-state index is 11.3. The molecule has 84 valence electrons. The SMILES string of the molecule is COC(=O)NCC1CN(C2CC2)C(=O)O1. The van der Waals surface area contributed by atoms with E-state index in [9.17, 15) is 9.59 Å². The van der Waals surface area contributed by atoms with Gasteiger partial charge in [-0.2, -0.15) is 0 Å². The lowest BCUT2D eigenvalue weighted by molar-refractivity contribution is 0.126. The van der Waals surface area contributed by atoms with E-state index in [1.807, 2.05) is 0 Å². The lowest BCUT2D eigenvalue weighted by atomic mass is 10.3. The summed E-state index contributed by atoms with van der Waals surface area (Å²) in [4.78, 5) is 23.9. The van der Waals surface area contributed by atoms with Crippen molar-refractivity contribution >= 4 is 12.2 Å². The molecule has 1 saturated heterocycles. The van der Waals surface area contributed by atoms with Crippen molar-refractivity contribution in [2.45, 2.75) is 25.0 Å². The number of hydrogen-bond donors (Lipinski definition) is 1. The lowest BCUT2D eigenvalue weighted by Crippen LogP contribution is -2.34. The zero-order valence-corrected chi connectivity index (χ0v) is 8.56. The molecule has 1 heterocycles. The number of ether oxygens (including phenoxy) is 2. The first-order chi connectivity index (χ1) is 7.20. The van der Waals surface area contributed by atoms with Crippen LogP contribution in [-0.2, 0) is 9.47 Å². The van der Waals surface area contributed by atoms with E-state index >= 15 is 0 Å². The Labute approximate surface area is 87.5 Å². The van der Waals surface area contributed by atoms with Crippen LogP contribution in [0.1, 0.15) is 12.8 Å². The summed E-state index contributed by atoms with van der Waals surface area (Å²) in [7, 11) is 1.30. The van der Waals surface area contributed by atoms with Crippen molar-refractivity contribution in [1.82, 2.24) is 10.2 Å². The first kappa shape index (κ1) is 10.1. The minimum atomic E-state index is -0.504. The normalized spacial score (nSPS) is 25.0. The number of hydrogen-bond acceptors (Lipinski definition) is 4. The molecule has 6 heteroatoms. The maximum Gasteiger partial charge on any atom is 0.410 e. The van der Waals surface area contributed by atoms with Crippen molar-refractivity contribution in [1.29, 1.82) is 0 Å². The predicted octanol–water partition coefficient (Wildman–Crippen LogP) is 0.326. The number of carbonyl (C=O) groups is 2. The smallest absolute Gasteiger partial charge is 0.410 e. The Bertz CT molecular complexity index is 277. The first-order valence-corrected chi connectivity index (χ1v) is 5.00. The standard InChI is InChI=1S/C9H14N2O4/c1-14-8(12)10-4-7-5-11(6-2-3-6)9(13)15-7/h6-7H,2-5H2,1H3,(H,10,12). The summed E-state index contributed by atoms with van der Waals surface area (Å²) in [6, 6.07) is 0.362. The van der Waals surface area contributed by atoms with E-state index in [0.29, 0.717) is 19.1 Å². The highest BCUT2D eigenvalue weighted by Crippen LogP contribution is 2.30. The van der Waals surface area contributed by atoms with Crippen LogP contribution in [0.2, 0.25) is 0 Å². The zero-order chi connectivity index (χ0) is 10.8. The average molecular weight is 214 g/mol. The largest absolute Gasteiger partial charge is 0.453 e. The Morgan fingerprint density at radius 2 is 2.40 bits per heavy atom. The minimum absolute atomic E-state index is 0.253. The molecule has 1 N–H and O–H groups in total. The number of rotatable bonds is 3. The maximum atomic E-state index is 11.3. The quantitative estimate of drug-likeness (QED) is 0.735. The summed E-state index contributed by atoms with van der Waals surface area (Å²) in [6.07, 6.45) is 1.10. The van der Waals surface area contributed by atoms with Gasteiger partial charge in [0.25, 0.3) is 0 Å². The Balaban J connectivity index is 1.76. The number of carbonyl (C=O) groups excluding carboxylic acids is 2. The zero-order valence-electron chi connectivity index (χ0n) is 8.56. The van der Waals surface area contributed by atoms with Crippen LogP contribution in [-0.4, -0.2) is 49.4 Å². The third-order valence-electron chi connectivity index (χ3n) is 2.55. The lowest BCUT2D eigenvalue weighted by Gasteiger charge is -2.10. The molecule has 1 unspecified atom stereocenters. The molecule has 0 spiro atoms. The Morgan fingerprint density at radius 1 is 1.67 bits per heavy atom. The third kappa shape index (κ3) is 2.31. The van der Waals surface area contributed by atoms with E-state index in [1.165, 1.54) is 7.11 Å². The Morgan fingerprint density at radius 3 is 3.00 bits per heavy atom. The number of alkyl carbamates (subject to hydrolysis) is 1. The van der Waals surface area contributed by atoms with Gasteiger partial charge in [-0.05, 0) is 12.8 Å². The fraction of sp³-hybridized carbons (Fsp3) is 0.778. The Kier molecular flexibility index (Phi) is 2.66. The number of nitrogens with zero attached hydrogens (tertiary/aromatic N) is 1. The molecule has 1 aliphatic carbocycles. The van der Waals surface area contributed by atoms with Crippen molar-refractivity contribution < 1.29 is 19.1 Å². The van der Waals surface area contributed by atoms with Gasteiger partial charge in [0.2, 0.25) is 0 Å². The highest BCUT2D eigenvalue weighted by molar-refractivity contribution is 5.71. The van der Waals surface area contributed by atoms with Crippen molar-refractivity contribution in [3.05, 3.63) is 0 Å². The average Bonchev–Trinajstić information content (AvgIpc) is 3.00. The number of cyclic esters (lactones) is 1. The Hall–Kier alpha value is -1.46. The van der Waals surface area contributed by atoms with Gasteiger partial charge in [0.15, 0.2) is 0 Å². The van der Waals surface area contributed by atoms with Gasteiger partial charge in [0, 0.05) is 6.04 Å². The van der Waals surface area contributed by atoms with Crippen molar-refractivity contribution in [2.75, 3.05) is 20.2 Å². The summed E-state index contributed by atoms with van der Waals surface area (Å²) >= 11 is 0. The van der Waals surface area contributed by atoms with Crippen molar-refractivity contribution in [3.63, 3.8) is 0 Å². The molecular weight excluding hydrogens is 200 g/mol. The fourth-order valence-electron chi connectivity index (χ4n) is 1.60. The van der Waals surface area contributed by atoms with Gasteiger partial charge in [-0.15, -0.1) is 0 Å². The molecule has 1 saturated carbocycles. The predicted molar refractivity (Wildman–Crippen MR) is 50.4 cm³/mol. The molecule has 0 aromatic heterocycles. The molecule has 2 rings (SSSR count). The van der Waals surface area contributed by atoms with Gasteiger partial charge >= 0.3 is 12.2 Å². The minimum Gasteiger partial charge on any atom is -0.453 e. The molecule has 0 bridgehead atoms. The van der Waals surface area contributed by atoms with E-state index in [2.05, 4.69) is 10.1 Å². The molecule has 15 heavy (non-hydrogen) atoms. The molecule has 1 aliphatic heterocycles. The molecule has 0 aromatic carbocycles. The summed E-state index contributed by atoms with van der Waals surface area (Å²) in [5.41, 5.74) is 0. The summed E-state index contributed by atoms with van der Waals surface area (Å²) in [5.74, 6) is 0. The number of nitrogens with one attached hydrogen (secondary N) is 1. The van der Waals surface area contributed by atoms with Crippen LogP contribution in [0.25, 0.3) is 0 Å². The van der Waals surface area contributed by atoms with Gasteiger partial charge in [-0.25, -0.2) is 9.59 Å². The van der Waals surface area contributed by atoms with Crippen LogP contribution in [0.4, 0.5) is 9.59 Å². The van der Waals surface area contributed by atoms with Crippen LogP contribution < -0.4 is 5.32 Å². The van der Waals surface area contributed by atoms with Crippen LogP contribution in [0.5, 0.6) is 0 Å². The van der Waals surface area contributed by atoms with E-state index < -0.39 is 6.09 Å². The van der Waals surface area contributed by atoms with E-state index in [0.717, 1.165) is 12.8 Å². The van der Waals surface area contributed by atoms with Crippen molar-refractivity contribution in [3.8, 4) is 0 Å². The van der Waals surface area contributed by atoms with Crippen LogP contribution in [0.15, 0.2) is 0 Å². The van der Waals surface area contributed by atoms with E-state index in [1.54, 1.807) is 4.90 Å². The first-order valence-electron chi connectivity index (χ1n) is 5.00. The molecule has 6 nitrogen and oxygen atoms in total. The fourth-order valence-corrected chi connectivity index (χ4v) is 1.60. The van der Waals surface area contributed by atoms with Gasteiger partial charge in [-0.1, -0.05) is 0 Å². The molecule has 2 aliphatic rings. The second kappa shape index (κ2) is 3.96. The van der Waals surface area contributed by atoms with Crippen LogP contribution in [0, 0.1) is 0 Å². The van der Waals surface area contributed by atoms with Gasteiger partial charge in [0.1, 0.15) is 6.10 Å². The third-order valence-corrected chi connectivity index (χ3v) is 2.55. The van der Waals surface area contributed by atoms with E-state index in [-0.39, 0.29) is 12.2 Å². The number of methoxy groups -OCH3 is 1.